The molecule has 0 aliphatic carbocycles. The van der Waals surface area contributed by atoms with Crippen molar-refractivity contribution in [1.82, 2.24) is 0 Å². The topological polar surface area (TPSA) is 26.3 Å². The van der Waals surface area contributed by atoms with E-state index in [0.717, 1.165) is 6.42 Å². The molecule has 0 aliphatic rings. The SMILES string of the molecule is C.C=C/C(=C\C=C/C)C(=O)Oc1ccc(CC)cc1. The summed E-state index contributed by atoms with van der Waals surface area (Å²) in [6, 6.07) is 7.50. The highest BCUT2D eigenvalue weighted by Gasteiger charge is 2.07. The molecular formula is C17H22O2. The maximum atomic E-state index is 11.8. The molecule has 0 saturated heterocycles. The normalized spacial score (nSPS) is 10.9. The summed E-state index contributed by atoms with van der Waals surface area (Å²) in [7, 11) is 0. The Morgan fingerprint density at radius 2 is 1.95 bits per heavy atom. The van der Waals surface area contributed by atoms with E-state index in [-0.39, 0.29) is 7.43 Å². The van der Waals surface area contributed by atoms with Crippen molar-refractivity contribution in [3.05, 3.63) is 66.3 Å². The van der Waals surface area contributed by atoms with E-state index in [2.05, 4.69) is 13.5 Å². The Hall–Kier alpha value is -2.09. The number of allylic oxidation sites excluding steroid dienone is 3. The highest BCUT2D eigenvalue weighted by molar-refractivity contribution is 5.93. The van der Waals surface area contributed by atoms with Crippen LogP contribution in [-0.4, -0.2) is 5.97 Å². The predicted octanol–water partition coefficient (Wildman–Crippen LogP) is 4.48. The Morgan fingerprint density at radius 3 is 2.42 bits per heavy atom. The molecule has 2 nitrogen and oxygen atoms in total. The van der Waals surface area contributed by atoms with E-state index in [9.17, 15) is 4.79 Å². The monoisotopic (exact) mass is 258 g/mol. The van der Waals surface area contributed by atoms with Gasteiger partial charge in [-0.2, -0.15) is 0 Å². The van der Waals surface area contributed by atoms with Crippen LogP contribution in [0.25, 0.3) is 0 Å². The molecule has 1 aromatic rings. The molecule has 0 spiro atoms. The largest absolute Gasteiger partial charge is 0.423 e. The first-order valence-electron chi connectivity index (χ1n) is 5.97. The van der Waals surface area contributed by atoms with E-state index in [1.165, 1.54) is 11.6 Å². The molecule has 1 rings (SSSR count). The quantitative estimate of drug-likeness (QED) is 0.337. The molecule has 1 aromatic carbocycles. The number of aryl methyl sites for hydroxylation is 1. The number of rotatable bonds is 5. The summed E-state index contributed by atoms with van der Waals surface area (Å²) in [6.45, 7) is 7.56. The van der Waals surface area contributed by atoms with Crippen molar-refractivity contribution in [2.24, 2.45) is 0 Å². The number of carbonyl (C=O) groups excluding carboxylic acids is 1. The number of benzene rings is 1. The number of carbonyl (C=O) groups is 1. The van der Waals surface area contributed by atoms with Crippen LogP contribution in [0.4, 0.5) is 0 Å². The minimum absolute atomic E-state index is 0. The lowest BCUT2D eigenvalue weighted by Crippen LogP contribution is -2.09. The Labute approximate surface area is 116 Å². The molecule has 0 N–H and O–H groups in total. The van der Waals surface area contributed by atoms with Crippen molar-refractivity contribution >= 4 is 5.97 Å². The maximum absolute atomic E-state index is 11.8. The highest BCUT2D eigenvalue weighted by Crippen LogP contribution is 2.14. The van der Waals surface area contributed by atoms with Gasteiger partial charge in [-0.15, -0.1) is 0 Å². The van der Waals surface area contributed by atoms with Crippen LogP contribution in [0.15, 0.2) is 60.7 Å². The first kappa shape index (κ1) is 16.9. The van der Waals surface area contributed by atoms with Crippen molar-refractivity contribution in [3.8, 4) is 5.75 Å². The third-order valence-electron chi connectivity index (χ3n) is 2.47. The minimum atomic E-state index is -0.396. The zero-order valence-electron chi connectivity index (χ0n) is 10.8. The van der Waals surface area contributed by atoms with Crippen LogP contribution >= 0.6 is 0 Å². The molecule has 19 heavy (non-hydrogen) atoms. The highest BCUT2D eigenvalue weighted by atomic mass is 16.5. The molecule has 0 unspecified atom stereocenters. The van der Waals surface area contributed by atoms with Crippen LogP contribution in [0, 0.1) is 0 Å². The van der Waals surface area contributed by atoms with Crippen LogP contribution in [-0.2, 0) is 11.2 Å². The van der Waals surface area contributed by atoms with Gasteiger partial charge in [-0.05, 0) is 37.1 Å². The molecule has 0 bridgehead atoms. The predicted molar refractivity (Wildman–Crippen MR) is 81.3 cm³/mol. The third-order valence-corrected chi connectivity index (χ3v) is 2.47. The first-order valence-corrected chi connectivity index (χ1v) is 5.97. The van der Waals surface area contributed by atoms with Gasteiger partial charge in [0, 0.05) is 0 Å². The van der Waals surface area contributed by atoms with Gasteiger partial charge in [-0.25, -0.2) is 4.79 Å². The van der Waals surface area contributed by atoms with E-state index in [1.807, 2.05) is 25.1 Å². The zero-order chi connectivity index (χ0) is 13.4. The van der Waals surface area contributed by atoms with Gasteiger partial charge >= 0.3 is 5.97 Å². The average molecular weight is 258 g/mol. The van der Waals surface area contributed by atoms with Crippen LogP contribution in [0.3, 0.4) is 0 Å². The van der Waals surface area contributed by atoms with Gasteiger partial charge in [0.1, 0.15) is 5.75 Å². The van der Waals surface area contributed by atoms with Gasteiger partial charge in [0.15, 0.2) is 0 Å². The fourth-order valence-corrected chi connectivity index (χ4v) is 1.38. The molecular weight excluding hydrogens is 236 g/mol. The molecule has 102 valence electrons. The van der Waals surface area contributed by atoms with Gasteiger partial charge < -0.3 is 4.74 Å². The fraction of sp³-hybridized carbons (Fsp3) is 0.235. The van der Waals surface area contributed by atoms with Gasteiger partial charge in [-0.3, -0.25) is 0 Å². The molecule has 0 radical (unpaired) electrons. The summed E-state index contributed by atoms with van der Waals surface area (Å²) in [5.41, 5.74) is 1.65. The lowest BCUT2D eigenvalue weighted by atomic mass is 10.2. The molecule has 0 aromatic heterocycles. The number of esters is 1. The fourth-order valence-electron chi connectivity index (χ4n) is 1.38. The van der Waals surface area contributed by atoms with E-state index in [4.69, 9.17) is 4.74 Å². The summed E-state index contributed by atoms with van der Waals surface area (Å²) >= 11 is 0. The lowest BCUT2D eigenvalue weighted by molar-refractivity contribution is -0.129. The standard InChI is InChI=1S/C16H18O2.CH4/c1-4-7-8-14(6-3)16(17)18-15-11-9-13(5-2)10-12-15;/h4,6-12H,3,5H2,1-2H3;1H4/b7-4-,14-8+;. The summed E-state index contributed by atoms with van der Waals surface area (Å²) in [4.78, 5) is 11.8. The van der Waals surface area contributed by atoms with Crippen LogP contribution in [0.1, 0.15) is 26.8 Å². The van der Waals surface area contributed by atoms with Gasteiger partial charge in [-0.1, -0.05) is 51.3 Å². The second-order valence-corrected chi connectivity index (χ2v) is 3.74. The number of ether oxygens (including phenoxy) is 1. The summed E-state index contributed by atoms with van der Waals surface area (Å²) in [6.07, 6.45) is 7.75. The molecule has 0 aliphatic heterocycles. The van der Waals surface area contributed by atoms with E-state index >= 15 is 0 Å². The van der Waals surface area contributed by atoms with E-state index in [0.29, 0.717) is 11.3 Å². The van der Waals surface area contributed by atoms with E-state index in [1.54, 1.807) is 24.3 Å². The minimum Gasteiger partial charge on any atom is -0.423 e. The molecule has 0 fully saturated rings. The third kappa shape index (κ3) is 5.38. The van der Waals surface area contributed by atoms with Crippen LogP contribution in [0.2, 0.25) is 0 Å². The molecule has 0 heterocycles. The average Bonchev–Trinajstić information content (AvgIpc) is 2.40. The first-order chi connectivity index (χ1) is 8.71. The molecule has 0 saturated carbocycles. The number of hydrogen-bond acceptors (Lipinski definition) is 2. The van der Waals surface area contributed by atoms with Crippen molar-refractivity contribution in [1.29, 1.82) is 0 Å². The Balaban J connectivity index is 0.00000324. The Kier molecular flexibility index (Phi) is 7.94. The Morgan fingerprint density at radius 1 is 1.32 bits per heavy atom. The zero-order valence-corrected chi connectivity index (χ0v) is 10.8. The second kappa shape index (κ2) is 8.92. The van der Waals surface area contributed by atoms with Gasteiger partial charge in [0.05, 0.1) is 5.57 Å². The van der Waals surface area contributed by atoms with Crippen molar-refractivity contribution in [3.63, 3.8) is 0 Å². The Bertz CT molecular complexity index is 465. The molecule has 2 heteroatoms. The number of hydrogen-bond donors (Lipinski definition) is 0. The van der Waals surface area contributed by atoms with Crippen LogP contribution in [0.5, 0.6) is 5.75 Å². The smallest absolute Gasteiger partial charge is 0.343 e. The van der Waals surface area contributed by atoms with Crippen molar-refractivity contribution < 1.29 is 9.53 Å². The summed E-state index contributed by atoms with van der Waals surface area (Å²) in [5.74, 6) is 0.151. The van der Waals surface area contributed by atoms with Crippen molar-refractivity contribution in [2.75, 3.05) is 0 Å². The van der Waals surface area contributed by atoms with Crippen molar-refractivity contribution in [2.45, 2.75) is 27.7 Å². The summed E-state index contributed by atoms with van der Waals surface area (Å²) in [5, 5.41) is 0. The van der Waals surface area contributed by atoms with Gasteiger partial charge in [0.25, 0.3) is 0 Å². The van der Waals surface area contributed by atoms with Crippen LogP contribution < -0.4 is 4.74 Å². The molecule has 0 amide bonds. The van der Waals surface area contributed by atoms with E-state index < -0.39 is 5.97 Å². The summed E-state index contributed by atoms with van der Waals surface area (Å²) < 4.78 is 5.25. The lowest BCUT2D eigenvalue weighted by Gasteiger charge is -2.05. The maximum Gasteiger partial charge on any atom is 0.343 e. The molecule has 0 atom stereocenters. The second-order valence-electron chi connectivity index (χ2n) is 3.74. The van der Waals surface area contributed by atoms with Gasteiger partial charge in [0.2, 0.25) is 0 Å².